The second kappa shape index (κ2) is 13.7. The fourth-order valence-corrected chi connectivity index (χ4v) is 9.25. The predicted molar refractivity (Wildman–Crippen MR) is 202 cm³/mol. The van der Waals surface area contributed by atoms with Crippen LogP contribution in [0.4, 0.5) is 15.7 Å². The predicted octanol–water partition coefficient (Wildman–Crippen LogP) is 7.93. The number of fused-ring (bicyclic) bond motifs is 5. The van der Waals surface area contributed by atoms with E-state index in [-0.39, 0.29) is 19.2 Å². The number of nitrogen functional groups attached to an aromatic ring is 1. The summed E-state index contributed by atoms with van der Waals surface area (Å²) in [5, 5.41) is 3.89. The molecule has 0 fully saturated rings. The number of amides is 1. The zero-order chi connectivity index (χ0) is 34.9. The van der Waals surface area contributed by atoms with Crippen molar-refractivity contribution in [2.75, 3.05) is 30.8 Å². The molecule has 6 aromatic heterocycles. The van der Waals surface area contributed by atoms with Gasteiger partial charge < -0.3 is 34.8 Å². The van der Waals surface area contributed by atoms with Gasteiger partial charge in [0.1, 0.15) is 24.2 Å². The molecule has 6 heterocycles. The van der Waals surface area contributed by atoms with Crippen molar-refractivity contribution >= 4 is 104 Å². The van der Waals surface area contributed by atoms with E-state index in [0.29, 0.717) is 47.3 Å². The Morgan fingerprint density at radius 1 is 1.06 bits per heavy atom. The van der Waals surface area contributed by atoms with E-state index in [0.717, 1.165) is 26.5 Å². The Balaban J connectivity index is 0.823. The van der Waals surface area contributed by atoms with Crippen LogP contribution in [0.3, 0.4) is 0 Å². The van der Waals surface area contributed by atoms with Crippen molar-refractivity contribution in [3.63, 3.8) is 0 Å². The van der Waals surface area contributed by atoms with Gasteiger partial charge in [-0.15, -0.1) is 34.0 Å². The maximum Gasteiger partial charge on any atom is 0.407 e. The number of ether oxygens (including phenoxy) is 2. The van der Waals surface area contributed by atoms with Crippen molar-refractivity contribution in [1.82, 2.24) is 30.2 Å². The number of alkyl carbamates (subject to hydrolysis) is 1. The number of imidazole rings is 1. The number of carbonyl (C=O) groups excluding carboxylic acids is 1. The zero-order valence-corrected chi connectivity index (χ0v) is 29.3. The molecule has 0 aliphatic carbocycles. The Bertz CT molecular complexity index is 2580. The number of aromatic nitrogens is 5. The highest BCUT2D eigenvalue weighted by Crippen LogP contribution is 2.46. The monoisotopic (exact) mass is 733 g/mol. The van der Waals surface area contributed by atoms with E-state index in [1.807, 2.05) is 61.7 Å². The van der Waals surface area contributed by atoms with Crippen molar-refractivity contribution in [3.05, 3.63) is 100 Å². The van der Waals surface area contributed by atoms with Crippen LogP contribution in [-0.2, 0) is 17.9 Å². The molecule has 0 radical (unpaired) electrons. The fourth-order valence-electron chi connectivity index (χ4n) is 5.30. The van der Waals surface area contributed by atoms with Crippen LogP contribution in [0.5, 0.6) is 5.88 Å². The minimum Gasteiger partial charge on any atom is -0.471 e. The largest absolute Gasteiger partial charge is 0.471 e. The van der Waals surface area contributed by atoms with Gasteiger partial charge in [-0.25, -0.2) is 19.6 Å². The molecule has 8 aromatic rings. The number of anilines is 2. The lowest BCUT2D eigenvalue weighted by Crippen LogP contribution is -2.28. The molecule has 13 nitrogen and oxygen atoms in total. The van der Waals surface area contributed by atoms with Crippen molar-refractivity contribution < 1.29 is 18.7 Å². The molecular weight excluding hydrogens is 707 g/mol. The summed E-state index contributed by atoms with van der Waals surface area (Å²) in [6.45, 7) is 9.10. The lowest BCUT2D eigenvalue weighted by molar-refractivity contribution is 0.148. The van der Waals surface area contributed by atoms with Crippen molar-refractivity contribution in [2.45, 2.75) is 13.2 Å². The van der Waals surface area contributed by atoms with Gasteiger partial charge in [0.15, 0.2) is 11.2 Å². The maximum absolute atomic E-state index is 12.4. The van der Waals surface area contributed by atoms with Gasteiger partial charge in [0.2, 0.25) is 23.4 Å². The number of hydrogen-bond donors (Lipinski definition) is 3. The van der Waals surface area contributed by atoms with E-state index in [9.17, 15) is 4.79 Å². The quantitative estimate of drug-likeness (QED) is 0.111. The molecule has 0 spiro atoms. The molecular formula is C35H27N9O4S3. The van der Waals surface area contributed by atoms with Gasteiger partial charge in [-0.3, -0.25) is 0 Å². The third kappa shape index (κ3) is 6.77. The molecule has 0 saturated heterocycles. The topological polar surface area (TPSA) is 162 Å². The maximum atomic E-state index is 12.4. The number of nitrogens with one attached hydrogen (secondary N) is 2. The molecule has 2 aromatic carbocycles. The number of H-pyrrole nitrogens is 1. The van der Waals surface area contributed by atoms with Gasteiger partial charge in [0.25, 0.3) is 0 Å². The number of carbonyl (C=O) groups is 1. The Morgan fingerprint density at radius 3 is 2.71 bits per heavy atom. The van der Waals surface area contributed by atoms with Crippen LogP contribution < -0.4 is 20.7 Å². The van der Waals surface area contributed by atoms with Crippen LogP contribution in [0.15, 0.2) is 71.4 Å². The second-order valence-corrected chi connectivity index (χ2v) is 14.6. The van der Waals surface area contributed by atoms with Gasteiger partial charge in [0, 0.05) is 27.9 Å². The molecule has 8 rings (SSSR count). The molecule has 0 bridgehead atoms. The first-order valence-corrected chi connectivity index (χ1v) is 18.0. The van der Waals surface area contributed by atoms with Gasteiger partial charge in [0.05, 0.1) is 33.8 Å². The molecule has 0 aliphatic heterocycles. The van der Waals surface area contributed by atoms with E-state index >= 15 is 0 Å². The van der Waals surface area contributed by atoms with E-state index in [4.69, 9.17) is 26.2 Å². The number of nitrogens with zero attached hydrogens (tertiary/aromatic N) is 6. The highest BCUT2D eigenvalue weighted by atomic mass is 32.1. The van der Waals surface area contributed by atoms with Crippen LogP contribution in [0.2, 0.25) is 0 Å². The summed E-state index contributed by atoms with van der Waals surface area (Å²) >= 11 is 5.08. The van der Waals surface area contributed by atoms with Gasteiger partial charge in [-0.2, -0.15) is 9.97 Å². The summed E-state index contributed by atoms with van der Waals surface area (Å²) in [4.78, 5) is 38.9. The van der Waals surface area contributed by atoms with Crippen LogP contribution in [0, 0.1) is 6.57 Å². The Kier molecular flexibility index (Phi) is 8.66. The Hall–Kier alpha value is -6.02. The van der Waals surface area contributed by atoms with Crippen molar-refractivity contribution in [2.24, 2.45) is 0 Å². The van der Waals surface area contributed by atoms with Gasteiger partial charge in [-0.1, -0.05) is 36.4 Å². The number of aromatic amines is 1. The van der Waals surface area contributed by atoms with E-state index in [2.05, 4.69) is 52.1 Å². The molecule has 0 unspecified atom stereocenters. The summed E-state index contributed by atoms with van der Waals surface area (Å²) in [6.07, 6.45) is 2.87. The third-order valence-corrected chi connectivity index (χ3v) is 11.7. The molecule has 0 aliphatic rings. The summed E-state index contributed by atoms with van der Waals surface area (Å²) in [5.74, 6) is 0.746. The van der Waals surface area contributed by atoms with Crippen LogP contribution in [0.25, 0.3) is 57.7 Å². The lowest BCUT2D eigenvalue weighted by Gasteiger charge is -2.16. The average Bonchev–Trinajstić information content (AvgIpc) is 3.96. The number of nitrogens with two attached hydrogens (primary N) is 1. The summed E-state index contributed by atoms with van der Waals surface area (Å²) < 4.78 is 21.9. The number of para-hydroxylation sites is 2. The first-order chi connectivity index (χ1) is 24.9. The van der Waals surface area contributed by atoms with Gasteiger partial charge in [-0.05, 0) is 41.5 Å². The number of thiophene rings is 3. The number of oxazole rings is 1. The average molecular weight is 734 g/mol. The number of rotatable bonds is 11. The normalized spacial score (nSPS) is 11.8. The first kappa shape index (κ1) is 32.2. The standard InChI is InChI=1S/C35H27N9O4S3/c1-37-23(32-41-22-5-3-4-6-24(22)48-32)13-21-14-25-29(49-21)30-26(50-25)15-27(51-30)44(2)11-12-46-35(45)38-16-19-7-9-20(10-8-19)17-47-33-28-31(40-18-39-28)42-34(36)43-33/h3-10,13-15,18H,11-12,16-17H2,2H3,(H,38,45)(H3,36,39,40,42,43)/b23-13-. The van der Waals surface area contributed by atoms with E-state index < -0.39 is 6.09 Å². The minimum absolute atomic E-state index is 0.0892. The van der Waals surface area contributed by atoms with Crippen molar-refractivity contribution in [1.29, 1.82) is 0 Å². The molecule has 0 atom stereocenters. The van der Waals surface area contributed by atoms with Gasteiger partial charge >= 0.3 is 6.09 Å². The molecule has 254 valence electrons. The smallest absolute Gasteiger partial charge is 0.407 e. The van der Waals surface area contributed by atoms with Crippen molar-refractivity contribution in [3.8, 4) is 5.88 Å². The van der Waals surface area contributed by atoms with E-state index in [1.54, 1.807) is 34.0 Å². The second-order valence-electron chi connectivity index (χ2n) is 11.4. The summed E-state index contributed by atoms with van der Waals surface area (Å²) in [6, 6.07) is 19.5. The van der Waals surface area contributed by atoms with Crippen LogP contribution in [-0.4, -0.2) is 51.2 Å². The summed E-state index contributed by atoms with van der Waals surface area (Å²) in [5.41, 5.74) is 10.4. The first-order valence-electron chi connectivity index (χ1n) is 15.6. The van der Waals surface area contributed by atoms with Crippen LogP contribution in [0.1, 0.15) is 21.9 Å². The highest BCUT2D eigenvalue weighted by Gasteiger charge is 2.17. The zero-order valence-electron chi connectivity index (χ0n) is 26.9. The number of likely N-dealkylation sites (N-methyl/N-ethyl adjacent to an activating group) is 1. The lowest BCUT2D eigenvalue weighted by atomic mass is 10.1. The fraction of sp³-hybridized carbons (Fsp3) is 0.143. The number of benzene rings is 2. The minimum atomic E-state index is -0.481. The highest BCUT2D eigenvalue weighted by molar-refractivity contribution is 7.39. The Labute approximate surface area is 301 Å². The molecule has 16 heteroatoms. The molecule has 51 heavy (non-hydrogen) atoms. The molecule has 1 amide bonds. The molecule has 4 N–H and O–H groups in total. The molecule has 0 saturated carbocycles. The summed E-state index contributed by atoms with van der Waals surface area (Å²) in [7, 11) is 1.99. The third-order valence-electron chi connectivity index (χ3n) is 7.88. The van der Waals surface area contributed by atoms with Crippen LogP contribution >= 0.6 is 34.0 Å². The SMILES string of the molecule is [C-]#[N+]/C(=C\c1cc2sc3cc(N(C)CCOC(=O)NCc4ccc(COc5nc(N)nc6nc[nH]c56)cc4)sc3c2s1)c1nc2ccccc2o1. The van der Waals surface area contributed by atoms with E-state index in [1.165, 1.54) is 25.1 Å². The number of hydrogen-bond acceptors (Lipinski definition) is 13. The Morgan fingerprint density at radius 2 is 1.86 bits per heavy atom.